The Hall–Kier alpha value is -0.450. The first-order chi connectivity index (χ1) is 8.05. The van der Waals surface area contributed by atoms with Crippen LogP contribution >= 0.6 is 11.3 Å². The zero-order valence-corrected chi connectivity index (χ0v) is 11.8. The van der Waals surface area contributed by atoms with Gasteiger partial charge in [0.15, 0.2) is 0 Å². The molecule has 1 unspecified atom stereocenters. The number of nitrogens with zero attached hydrogens (tertiary/aromatic N) is 1. The molecule has 0 aromatic carbocycles. The number of hydrogen-bond donors (Lipinski definition) is 1. The van der Waals surface area contributed by atoms with Crippen LogP contribution in [0.2, 0.25) is 0 Å². The summed E-state index contributed by atoms with van der Waals surface area (Å²) in [5.41, 5.74) is 1.32. The third kappa shape index (κ3) is 3.76. The maximum absolute atomic E-state index is 5.45. The minimum absolute atomic E-state index is 0.164. The summed E-state index contributed by atoms with van der Waals surface area (Å²) in [4.78, 5) is 4.68. The van der Waals surface area contributed by atoms with Gasteiger partial charge in [-0.1, -0.05) is 20.8 Å². The van der Waals surface area contributed by atoms with Crippen molar-refractivity contribution < 1.29 is 4.74 Å². The number of thiazole rings is 1. The largest absolute Gasteiger partial charge is 0.380 e. The Morgan fingerprint density at radius 1 is 1.53 bits per heavy atom. The molecule has 1 N–H and O–H groups in total. The van der Waals surface area contributed by atoms with E-state index < -0.39 is 0 Å². The van der Waals surface area contributed by atoms with Gasteiger partial charge in [0.25, 0.3) is 0 Å². The van der Waals surface area contributed by atoms with Gasteiger partial charge in [0.1, 0.15) is 0 Å². The van der Waals surface area contributed by atoms with Crippen molar-refractivity contribution in [3.8, 4) is 0 Å². The first kappa shape index (κ1) is 13.0. The molecule has 1 aromatic rings. The summed E-state index contributed by atoms with van der Waals surface area (Å²) in [6, 6.07) is 0.503. The summed E-state index contributed by atoms with van der Waals surface area (Å²) >= 11 is 1.76. The molecule has 0 spiro atoms. The molecule has 0 bridgehead atoms. The fourth-order valence-electron chi connectivity index (χ4n) is 1.88. The molecule has 0 radical (unpaired) electrons. The van der Waals surface area contributed by atoms with E-state index in [4.69, 9.17) is 4.74 Å². The van der Waals surface area contributed by atoms with Gasteiger partial charge in [-0.05, 0) is 12.8 Å². The Balaban J connectivity index is 1.84. The molecule has 96 valence electrons. The molecule has 0 amide bonds. The summed E-state index contributed by atoms with van der Waals surface area (Å²) in [7, 11) is 0. The highest BCUT2D eigenvalue weighted by molar-refractivity contribution is 7.09. The molecule has 2 rings (SSSR count). The SMILES string of the molecule is CC(C)(C)c1nc(CNC2CCCOC2)cs1. The lowest BCUT2D eigenvalue weighted by molar-refractivity contribution is 0.0698. The lowest BCUT2D eigenvalue weighted by Crippen LogP contribution is -2.36. The van der Waals surface area contributed by atoms with Gasteiger partial charge in [0.05, 0.1) is 17.3 Å². The van der Waals surface area contributed by atoms with E-state index in [1.165, 1.54) is 17.8 Å². The van der Waals surface area contributed by atoms with Crippen molar-refractivity contribution in [3.63, 3.8) is 0 Å². The molecule has 0 saturated carbocycles. The van der Waals surface area contributed by atoms with Gasteiger partial charge in [0.2, 0.25) is 0 Å². The Bertz CT molecular complexity index is 351. The van der Waals surface area contributed by atoms with E-state index in [2.05, 4.69) is 36.5 Å². The highest BCUT2D eigenvalue weighted by Crippen LogP contribution is 2.25. The van der Waals surface area contributed by atoms with E-state index in [0.717, 1.165) is 25.5 Å². The first-order valence-electron chi connectivity index (χ1n) is 6.32. The molecular formula is C13H22N2OS. The second-order valence-corrected chi connectivity index (χ2v) is 6.55. The van der Waals surface area contributed by atoms with Crippen molar-refractivity contribution >= 4 is 11.3 Å². The highest BCUT2D eigenvalue weighted by Gasteiger charge is 2.18. The lowest BCUT2D eigenvalue weighted by Gasteiger charge is -2.22. The summed E-state index contributed by atoms with van der Waals surface area (Å²) < 4.78 is 5.45. The van der Waals surface area contributed by atoms with Crippen LogP contribution in [0.15, 0.2) is 5.38 Å². The number of aromatic nitrogens is 1. The van der Waals surface area contributed by atoms with E-state index >= 15 is 0 Å². The third-order valence-electron chi connectivity index (χ3n) is 2.93. The first-order valence-corrected chi connectivity index (χ1v) is 7.19. The summed E-state index contributed by atoms with van der Waals surface area (Å²) in [5, 5.41) is 6.90. The minimum atomic E-state index is 0.164. The van der Waals surface area contributed by atoms with E-state index in [-0.39, 0.29) is 5.41 Å². The number of hydrogen-bond acceptors (Lipinski definition) is 4. The minimum Gasteiger partial charge on any atom is -0.380 e. The molecule has 1 aliphatic rings. The van der Waals surface area contributed by atoms with Gasteiger partial charge in [-0.2, -0.15) is 0 Å². The van der Waals surface area contributed by atoms with Crippen LogP contribution in [0.5, 0.6) is 0 Å². The Labute approximate surface area is 108 Å². The van der Waals surface area contributed by atoms with Crippen LogP contribution in [0.25, 0.3) is 0 Å². The van der Waals surface area contributed by atoms with Gasteiger partial charge >= 0.3 is 0 Å². The molecule has 0 aliphatic carbocycles. The molecule has 2 heterocycles. The van der Waals surface area contributed by atoms with Gasteiger partial charge in [-0.3, -0.25) is 0 Å². The Morgan fingerprint density at radius 2 is 2.35 bits per heavy atom. The van der Waals surface area contributed by atoms with Gasteiger partial charge in [-0.15, -0.1) is 11.3 Å². The van der Waals surface area contributed by atoms with Crippen LogP contribution in [0.1, 0.15) is 44.3 Å². The predicted molar refractivity (Wildman–Crippen MR) is 71.5 cm³/mol. The van der Waals surface area contributed by atoms with Crippen molar-refractivity contribution in [1.82, 2.24) is 10.3 Å². The van der Waals surface area contributed by atoms with Crippen LogP contribution in [0.3, 0.4) is 0 Å². The summed E-state index contributed by atoms with van der Waals surface area (Å²) in [6.45, 7) is 9.24. The molecule has 4 heteroatoms. The molecule has 1 atom stereocenters. The third-order valence-corrected chi connectivity index (χ3v) is 4.24. The topological polar surface area (TPSA) is 34.2 Å². The molecule has 3 nitrogen and oxygen atoms in total. The Kier molecular flexibility index (Phi) is 4.17. The van der Waals surface area contributed by atoms with E-state index in [1.54, 1.807) is 11.3 Å². The van der Waals surface area contributed by atoms with Crippen molar-refractivity contribution in [1.29, 1.82) is 0 Å². The fourth-order valence-corrected chi connectivity index (χ4v) is 2.79. The second kappa shape index (κ2) is 5.46. The number of rotatable bonds is 3. The van der Waals surface area contributed by atoms with E-state index in [9.17, 15) is 0 Å². The van der Waals surface area contributed by atoms with Crippen molar-refractivity contribution in [2.75, 3.05) is 13.2 Å². The lowest BCUT2D eigenvalue weighted by atomic mass is 9.98. The van der Waals surface area contributed by atoms with Crippen LogP contribution in [0.4, 0.5) is 0 Å². The predicted octanol–water partition coefficient (Wildman–Crippen LogP) is 2.71. The fraction of sp³-hybridized carbons (Fsp3) is 0.769. The molecule has 1 saturated heterocycles. The monoisotopic (exact) mass is 254 g/mol. The van der Waals surface area contributed by atoms with Crippen LogP contribution in [-0.2, 0) is 16.7 Å². The summed E-state index contributed by atoms with van der Waals surface area (Å²) in [6.07, 6.45) is 2.39. The quantitative estimate of drug-likeness (QED) is 0.900. The molecule has 1 fully saturated rings. The second-order valence-electron chi connectivity index (χ2n) is 5.69. The van der Waals surface area contributed by atoms with Crippen molar-refractivity contribution in [2.24, 2.45) is 0 Å². The van der Waals surface area contributed by atoms with Crippen LogP contribution < -0.4 is 5.32 Å². The smallest absolute Gasteiger partial charge is 0.0982 e. The standard InChI is InChI=1S/C13H22N2OS/c1-13(2,3)12-15-11(9-17-12)7-14-10-5-4-6-16-8-10/h9-10,14H,4-8H2,1-3H3. The van der Waals surface area contributed by atoms with Crippen molar-refractivity contribution in [2.45, 2.75) is 51.6 Å². The van der Waals surface area contributed by atoms with Gasteiger partial charge < -0.3 is 10.1 Å². The molecule has 1 aromatic heterocycles. The van der Waals surface area contributed by atoms with Crippen LogP contribution in [0, 0.1) is 0 Å². The molecule has 17 heavy (non-hydrogen) atoms. The average molecular weight is 254 g/mol. The molecule has 1 aliphatic heterocycles. The van der Waals surface area contributed by atoms with Crippen molar-refractivity contribution in [3.05, 3.63) is 16.1 Å². The zero-order valence-electron chi connectivity index (χ0n) is 11.0. The zero-order chi connectivity index (χ0) is 12.3. The normalized spacial score (nSPS) is 21.7. The van der Waals surface area contributed by atoms with Gasteiger partial charge in [0, 0.05) is 30.0 Å². The number of ether oxygens (including phenoxy) is 1. The average Bonchev–Trinajstić information content (AvgIpc) is 2.76. The molecular weight excluding hydrogens is 232 g/mol. The maximum Gasteiger partial charge on any atom is 0.0982 e. The van der Waals surface area contributed by atoms with E-state index in [0.29, 0.717) is 6.04 Å². The number of nitrogens with one attached hydrogen (secondary N) is 1. The maximum atomic E-state index is 5.45. The van der Waals surface area contributed by atoms with E-state index in [1.807, 2.05) is 0 Å². The summed E-state index contributed by atoms with van der Waals surface area (Å²) in [5.74, 6) is 0. The Morgan fingerprint density at radius 3 is 2.94 bits per heavy atom. The van der Waals surface area contributed by atoms with Gasteiger partial charge in [-0.25, -0.2) is 4.98 Å². The highest BCUT2D eigenvalue weighted by atomic mass is 32.1. The van der Waals surface area contributed by atoms with Crippen LogP contribution in [-0.4, -0.2) is 24.2 Å².